The molecule has 8 heteroatoms. The number of carbonyl (C=O) groups excluding carboxylic acids is 2. The molecular weight excluding hydrogens is 482 g/mol. The highest BCUT2D eigenvalue weighted by Gasteiger charge is 2.29. The molecule has 204 valence electrons. The Balaban J connectivity index is 1.68. The van der Waals surface area contributed by atoms with Crippen LogP contribution in [-0.4, -0.2) is 50.8 Å². The van der Waals surface area contributed by atoms with Crippen LogP contribution < -0.4 is 5.32 Å². The summed E-state index contributed by atoms with van der Waals surface area (Å²) in [5.41, 5.74) is 3.60. The van der Waals surface area contributed by atoms with Gasteiger partial charge in [-0.25, -0.2) is 4.98 Å². The number of nitrogens with zero attached hydrogens (tertiary/aromatic N) is 4. The number of aryl methyl sites for hydroxylation is 2. The molecular formula is C29H45N5O2S. The van der Waals surface area contributed by atoms with Gasteiger partial charge in [-0.3, -0.25) is 9.59 Å². The molecule has 0 aromatic carbocycles. The monoisotopic (exact) mass is 527 g/mol. The second-order valence-corrected chi connectivity index (χ2v) is 11.5. The van der Waals surface area contributed by atoms with Crippen LogP contribution in [0, 0.1) is 19.8 Å². The number of hydrogen-bond acceptors (Lipinski definition) is 5. The first-order valence-corrected chi connectivity index (χ1v) is 14.6. The van der Waals surface area contributed by atoms with E-state index in [1.165, 1.54) is 16.1 Å². The number of aromatic nitrogens is 2. The number of thiophene rings is 1. The number of hydrogen-bond donors (Lipinski definition) is 1. The lowest BCUT2D eigenvalue weighted by atomic mass is 10.1. The SMILES string of the molecule is C/C=C/N(CCC(CC)n1c(C)nc2c1CCN(C(=O)C(C)C)C2)CC[C@H](NC(C)=O)c1cc(C)cs1. The number of nitrogens with one attached hydrogen (secondary N) is 1. The van der Waals surface area contributed by atoms with Gasteiger partial charge in [-0.2, -0.15) is 0 Å². The van der Waals surface area contributed by atoms with Gasteiger partial charge in [-0.15, -0.1) is 11.3 Å². The Morgan fingerprint density at radius 3 is 2.57 bits per heavy atom. The van der Waals surface area contributed by atoms with Crippen molar-refractivity contribution < 1.29 is 9.59 Å². The first kappa shape index (κ1) is 29.0. The van der Waals surface area contributed by atoms with Gasteiger partial charge in [0.15, 0.2) is 0 Å². The van der Waals surface area contributed by atoms with E-state index in [4.69, 9.17) is 4.98 Å². The van der Waals surface area contributed by atoms with Crippen molar-refractivity contribution >= 4 is 23.2 Å². The van der Waals surface area contributed by atoms with Crippen LogP contribution in [-0.2, 0) is 22.6 Å². The number of rotatable bonds is 12. The molecule has 1 aliphatic rings. The molecule has 0 aliphatic carbocycles. The van der Waals surface area contributed by atoms with Crippen molar-refractivity contribution in [3.63, 3.8) is 0 Å². The molecule has 1 N–H and O–H groups in total. The molecule has 0 radical (unpaired) electrons. The summed E-state index contributed by atoms with van der Waals surface area (Å²) < 4.78 is 2.44. The summed E-state index contributed by atoms with van der Waals surface area (Å²) in [6.45, 7) is 17.2. The largest absolute Gasteiger partial charge is 0.377 e. The Morgan fingerprint density at radius 1 is 1.24 bits per heavy atom. The molecule has 3 rings (SSSR count). The van der Waals surface area contributed by atoms with Gasteiger partial charge in [0.25, 0.3) is 0 Å². The molecule has 2 aromatic rings. The zero-order valence-corrected chi connectivity index (χ0v) is 24.5. The van der Waals surface area contributed by atoms with E-state index in [-0.39, 0.29) is 23.8 Å². The molecule has 0 fully saturated rings. The summed E-state index contributed by atoms with van der Waals surface area (Å²) in [5.74, 6) is 1.28. The van der Waals surface area contributed by atoms with Crippen molar-refractivity contribution in [2.75, 3.05) is 19.6 Å². The summed E-state index contributed by atoms with van der Waals surface area (Å²) in [6, 6.07) is 2.58. The van der Waals surface area contributed by atoms with E-state index in [1.807, 2.05) is 18.7 Å². The first-order valence-electron chi connectivity index (χ1n) is 13.7. The third kappa shape index (κ3) is 7.46. The lowest BCUT2D eigenvalue weighted by molar-refractivity contribution is -0.135. The quantitative estimate of drug-likeness (QED) is 0.393. The van der Waals surface area contributed by atoms with Crippen LogP contribution in [0.25, 0.3) is 0 Å². The molecule has 3 heterocycles. The van der Waals surface area contributed by atoms with E-state index in [9.17, 15) is 9.59 Å². The van der Waals surface area contributed by atoms with Crippen molar-refractivity contribution in [1.82, 2.24) is 24.7 Å². The predicted molar refractivity (Wildman–Crippen MR) is 151 cm³/mol. The number of allylic oxidation sites excluding steroid dienone is 1. The van der Waals surface area contributed by atoms with Crippen molar-refractivity contribution in [1.29, 1.82) is 0 Å². The normalized spacial score (nSPS) is 15.2. The number of imidazole rings is 1. The van der Waals surface area contributed by atoms with E-state index in [2.05, 4.69) is 66.2 Å². The molecule has 0 saturated heterocycles. The van der Waals surface area contributed by atoms with Gasteiger partial charge in [0.2, 0.25) is 11.8 Å². The van der Waals surface area contributed by atoms with Crippen LogP contribution >= 0.6 is 11.3 Å². The average Bonchev–Trinajstić information content (AvgIpc) is 3.43. The van der Waals surface area contributed by atoms with Gasteiger partial charge < -0.3 is 19.7 Å². The van der Waals surface area contributed by atoms with Gasteiger partial charge in [0.1, 0.15) is 5.82 Å². The summed E-state index contributed by atoms with van der Waals surface area (Å²) in [4.78, 5) is 34.9. The first-order chi connectivity index (χ1) is 17.6. The molecule has 37 heavy (non-hydrogen) atoms. The van der Waals surface area contributed by atoms with E-state index in [0.29, 0.717) is 12.6 Å². The summed E-state index contributed by atoms with van der Waals surface area (Å²) in [6.07, 6.45) is 8.03. The van der Waals surface area contributed by atoms with Gasteiger partial charge in [-0.1, -0.05) is 26.8 Å². The lowest BCUT2D eigenvalue weighted by Crippen LogP contribution is -2.39. The van der Waals surface area contributed by atoms with E-state index in [0.717, 1.165) is 56.8 Å². The molecule has 1 unspecified atom stereocenters. The third-order valence-corrected chi connectivity index (χ3v) is 8.32. The van der Waals surface area contributed by atoms with E-state index >= 15 is 0 Å². The Hall–Kier alpha value is -2.61. The van der Waals surface area contributed by atoms with Crippen molar-refractivity contribution in [2.45, 2.75) is 92.8 Å². The highest BCUT2D eigenvalue weighted by Crippen LogP contribution is 2.29. The minimum absolute atomic E-state index is 0.00806. The zero-order chi connectivity index (χ0) is 27.1. The lowest BCUT2D eigenvalue weighted by Gasteiger charge is -2.31. The van der Waals surface area contributed by atoms with Crippen LogP contribution in [0.2, 0.25) is 0 Å². The molecule has 7 nitrogen and oxygen atoms in total. The van der Waals surface area contributed by atoms with Crippen LogP contribution in [0.4, 0.5) is 0 Å². The van der Waals surface area contributed by atoms with Gasteiger partial charge >= 0.3 is 0 Å². The topological polar surface area (TPSA) is 70.5 Å². The number of fused-ring (bicyclic) bond motifs is 1. The van der Waals surface area contributed by atoms with Crippen molar-refractivity contribution in [3.05, 3.63) is 51.4 Å². The Morgan fingerprint density at radius 2 is 1.97 bits per heavy atom. The minimum Gasteiger partial charge on any atom is -0.377 e. The van der Waals surface area contributed by atoms with Gasteiger partial charge in [0.05, 0.1) is 18.3 Å². The minimum atomic E-state index is 0.00806. The van der Waals surface area contributed by atoms with Gasteiger partial charge in [0, 0.05) is 55.5 Å². The average molecular weight is 528 g/mol. The number of carbonyl (C=O) groups is 2. The molecule has 0 spiro atoms. The van der Waals surface area contributed by atoms with Crippen LogP contribution in [0.5, 0.6) is 0 Å². The van der Waals surface area contributed by atoms with Crippen LogP contribution in [0.15, 0.2) is 23.7 Å². The van der Waals surface area contributed by atoms with Gasteiger partial charge in [-0.05, 0) is 63.2 Å². The molecule has 0 saturated carbocycles. The fourth-order valence-corrected chi connectivity index (χ4v) is 6.33. The van der Waals surface area contributed by atoms with E-state index < -0.39 is 0 Å². The fraction of sp³-hybridized carbons (Fsp3) is 0.621. The second kappa shape index (κ2) is 13.3. The summed E-state index contributed by atoms with van der Waals surface area (Å²) in [5, 5.41) is 5.29. The maximum absolute atomic E-state index is 12.5. The van der Waals surface area contributed by atoms with Crippen molar-refractivity contribution in [3.8, 4) is 0 Å². The Labute approximate surface area is 226 Å². The maximum atomic E-state index is 12.5. The highest BCUT2D eigenvalue weighted by molar-refractivity contribution is 7.10. The molecule has 1 aliphatic heterocycles. The van der Waals surface area contributed by atoms with E-state index in [1.54, 1.807) is 18.3 Å². The third-order valence-electron chi connectivity index (χ3n) is 7.16. The molecule has 2 atom stereocenters. The summed E-state index contributed by atoms with van der Waals surface area (Å²) in [7, 11) is 0. The Kier molecular flexibility index (Phi) is 10.4. The fourth-order valence-electron chi connectivity index (χ4n) is 5.34. The van der Waals surface area contributed by atoms with Crippen LogP contribution in [0.3, 0.4) is 0 Å². The predicted octanol–water partition coefficient (Wildman–Crippen LogP) is 5.55. The zero-order valence-electron chi connectivity index (χ0n) is 23.7. The molecule has 2 aromatic heterocycles. The molecule has 0 bridgehead atoms. The van der Waals surface area contributed by atoms with Crippen molar-refractivity contribution in [2.24, 2.45) is 5.92 Å². The second-order valence-electron chi connectivity index (χ2n) is 10.5. The smallest absolute Gasteiger partial charge is 0.225 e. The molecule has 2 amide bonds. The highest BCUT2D eigenvalue weighted by atomic mass is 32.1. The summed E-state index contributed by atoms with van der Waals surface area (Å²) >= 11 is 1.72. The Bertz CT molecular complexity index is 1090. The van der Waals surface area contributed by atoms with Crippen LogP contribution in [0.1, 0.15) is 93.6 Å². The number of amides is 2. The standard InChI is InChI=1S/C29H45N5O2S/c1-8-13-32(15-11-25(31-23(7)35)28-17-21(5)19-37-28)14-10-24(9-2)34-22(6)30-26-18-33(16-12-27(26)34)29(36)20(3)4/h8,13,17,19-20,24-25H,9-12,14-16,18H2,1-7H3,(H,31,35)/b13-8+/t24?,25-/m0/s1. The maximum Gasteiger partial charge on any atom is 0.225 e.